The van der Waals surface area contributed by atoms with Crippen LogP contribution in [0.25, 0.3) is 11.3 Å². The Morgan fingerprint density at radius 3 is 2.64 bits per heavy atom. The molecule has 3 aromatic rings. The quantitative estimate of drug-likeness (QED) is 0.646. The summed E-state index contributed by atoms with van der Waals surface area (Å²) in [5.41, 5.74) is 0.294. The summed E-state index contributed by atoms with van der Waals surface area (Å²) in [5.74, 6) is -0.394. The Morgan fingerprint density at radius 1 is 1.15 bits per heavy atom. The van der Waals surface area contributed by atoms with Gasteiger partial charge in [0.05, 0.1) is 17.2 Å². The minimum atomic E-state index is -4.49. The Hall–Kier alpha value is -3.69. The van der Waals surface area contributed by atoms with Gasteiger partial charge in [-0.1, -0.05) is 6.07 Å². The molecule has 7 nitrogen and oxygen atoms in total. The molecule has 0 spiro atoms. The van der Waals surface area contributed by atoms with Crippen LogP contribution in [0.15, 0.2) is 59.7 Å². The third kappa shape index (κ3) is 5.05. The van der Waals surface area contributed by atoms with Gasteiger partial charge in [-0.15, -0.1) is 0 Å². The number of aromatic nitrogens is 3. The van der Waals surface area contributed by atoms with Crippen LogP contribution in [0.1, 0.15) is 18.4 Å². The highest BCUT2D eigenvalue weighted by atomic mass is 19.4. The van der Waals surface area contributed by atoms with E-state index in [0.717, 1.165) is 17.7 Å². The van der Waals surface area contributed by atoms with Crippen LogP contribution >= 0.6 is 0 Å². The molecule has 0 saturated carbocycles. The first-order chi connectivity index (χ1) is 15.7. The number of piperidine rings is 1. The van der Waals surface area contributed by atoms with Crippen LogP contribution in [0.4, 0.5) is 24.8 Å². The van der Waals surface area contributed by atoms with Gasteiger partial charge in [0.1, 0.15) is 0 Å². The van der Waals surface area contributed by atoms with Gasteiger partial charge >= 0.3 is 6.18 Å². The van der Waals surface area contributed by atoms with Crippen LogP contribution in [0, 0.1) is 5.92 Å². The van der Waals surface area contributed by atoms with E-state index in [-0.39, 0.29) is 17.2 Å². The molecule has 172 valence electrons. The highest BCUT2D eigenvalue weighted by Crippen LogP contribution is 2.31. The number of nitrogens with zero attached hydrogens (tertiary/aromatic N) is 4. The molecule has 2 aromatic heterocycles. The van der Waals surface area contributed by atoms with Crippen LogP contribution in [0.2, 0.25) is 0 Å². The summed E-state index contributed by atoms with van der Waals surface area (Å²) in [4.78, 5) is 35.9. The van der Waals surface area contributed by atoms with Gasteiger partial charge in [-0.25, -0.2) is 4.98 Å². The predicted octanol–water partition coefficient (Wildman–Crippen LogP) is 3.72. The van der Waals surface area contributed by atoms with E-state index in [4.69, 9.17) is 0 Å². The van der Waals surface area contributed by atoms with Crippen molar-refractivity contribution >= 4 is 17.5 Å². The molecule has 0 aliphatic carbocycles. The van der Waals surface area contributed by atoms with E-state index >= 15 is 0 Å². The molecule has 1 aliphatic heterocycles. The average Bonchev–Trinajstić information content (AvgIpc) is 2.81. The summed E-state index contributed by atoms with van der Waals surface area (Å²) in [6, 6.07) is 9.52. The molecule has 1 unspecified atom stereocenters. The molecular weight excluding hydrogens is 435 g/mol. The molecule has 3 heterocycles. The summed E-state index contributed by atoms with van der Waals surface area (Å²) < 4.78 is 40.3. The number of amides is 1. The Kier molecular flexibility index (Phi) is 6.17. The lowest BCUT2D eigenvalue weighted by Crippen LogP contribution is -2.43. The van der Waals surface area contributed by atoms with Gasteiger partial charge in [-0.2, -0.15) is 13.2 Å². The molecule has 33 heavy (non-hydrogen) atoms. The Balaban J connectivity index is 1.54. The number of anilines is 2. The fraction of sp³-hybridized carbons (Fsp3) is 0.304. The van der Waals surface area contributed by atoms with Crippen LogP contribution < -0.4 is 15.8 Å². The van der Waals surface area contributed by atoms with Crippen molar-refractivity contribution in [1.29, 1.82) is 0 Å². The van der Waals surface area contributed by atoms with Crippen molar-refractivity contribution in [2.75, 3.05) is 23.3 Å². The van der Waals surface area contributed by atoms with E-state index in [1.165, 1.54) is 22.8 Å². The van der Waals surface area contributed by atoms with Gasteiger partial charge in [0, 0.05) is 49.8 Å². The number of halogens is 3. The van der Waals surface area contributed by atoms with E-state index in [1.807, 2.05) is 4.90 Å². The smallest absolute Gasteiger partial charge is 0.341 e. The minimum absolute atomic E-state index is 0.0946. The molecule has 0 bridgehead atoms. The van der Waals surface area contributed by atoms with Crippen molar-refractivity contribution in [3.8, 4) is 11.3 Å². The third-order valence-corrected chi connectivity index (χ3v) is 5.62. The molecule has 1 aromatic carbocycles. The average molecular weight is 457 g/mol. The maximum atomic E-state index is 13.0. The van der Waals surface area contributed by atoms with Crippen molar-refractivity contribution in [2.45, 2.75) is 19.0 Å². The molecule has 10 heteroatoms. The van der Waals surface area contributed by atoms with Gasteiger partial charge in [0.15, 0.2) is 0 Å². The third-order valence-electron chi connectivity index (χ3n) is 5.62. The topological polar surface area (TPSA) is 80.1 Å². The van der Waals surface area contributed by atoms with Crippen LogP contribution in [0.5, 0.6) is 0 Å². The summed E-state index contributed by atoms with van der Waals surface area (Å²) in [7, 11) is 1.62. The van der Waals surface area contributed by atoms with Crippen molar-refractivity contribution < 1.29 is 18.0 Å². The summed E-state index contributed by atoms with van der Waals surface area (Å²) in [5, 5.41) is 2.60. The van der Waals surface area contributed by atoms with Crippen molar-refractivity contribution in [3.63, 3.8) is 0 Å². The molecule has 1 fully saturated rings. The Bertz CT molecular complexity index is 1210. The van der Waals surface area contributed by atoms with E-state index < -0.39 is 17.7 Å². The van der Waals surface area contributed by atoms with Crippen LogP contribution in [0.3, 0.4) is 0 Å². The normalized spacial score (nSPS) is 16.5. The first-order valence-electron chi connectivity index (χ1n) is 10.4. The second kappa shape index (κ2) is 9.05. The fourth-order valence-corrected chi connectivity index (χ4v) is 3.87. The Morgan fingerprint density at radius 2 is 1.91 bits per heavy atom. The highest BCUT2D eigenvalue weighted by molar-refractivity contribution is 5.93. The van der Waals surface area contributed by atoms with Gasteiger partial charge in [-0.3, -0.25) is 19.1 Å². The number of alkyl halides is 3. The number of benzene rings is 1. The maximum absolute atomic E-state index is 13.0. The molecule has 1 atom stereocenters. The summed E-state index contributed by atoms with van der Waals surface area (Å²) in [6.45, 7) is 0.901. The molecule has 1 N–H and O–H groups in total. The monoisotopic (exact) mass is 457 g/mol. The van der Waals surface area contributed by atoms with Crippen molar-refractivity contribution in [2.24, 2.45) is 13.0 Å². The molecule has 1 amide bonds. The predicted molar refractivity (Wildman–Crippen MR) is 118 cm³/mol. The largest absolute Gasteiger partial charge is 0.416 e. The van der Waals surface area contributed by atoms with E-state index in [0.29, 0.717) is 37.6 Å². The van der Waals surface area contributed by atoms with Gasteiger partial charge in [-0.05, 0) is 43.2 Å². The molecule has 1 saturated heterocycles. The molecule has 4 rings (SSSR count). The number of pyridine rings is 1. The lowest BCUT2D eigenvalue weighted by atomic mass is 9.97. The fourth-order valence-electron chi connectivity index (χ4n) is 3.87. The summed E-state index contributed by atoms with van der Waals surface area (Å²) >= 11 is 0. The highest BCUT2D eigenvalue weighted by Gasteiger charge is 2.31. The second-order valence-corrected chi connectivity index (χ2v) is 7.93. The number of carbonyl (C=O) groups is 1. The van der Waals surface area contributed by atoms with Crippen molar-refractivity contribution in [1.82, 2.24) is 14.5 Å². The van der Waals surface area contributed by atoms with E-state index in [1.54, 1.807) is 31.6 Å². The van der Waals surface area contributed by atoms with Gasteiger partial charge in [0.25, 0.3) is 5.56 Å². The van der Waals surface area contributed by atoms with Crippen LogP contribution in [-0.2, 0) is 18.0 Å². The number of carbonyl (C=O) groups excluding carboxylic acids is 1. The zero-order valence-corrected chi connectivity index (χ0v) is 17.8. The second-order valence-electron chi connectivity index (χ2n) is 7.93. The first-order valence-corrected chi connectivity index (χ1v) is 10.4. The standard InChI is InChI=1S/C23H22F3N5O2/c1-30-20(32)13-19(15-7-9-27-10-8-15)29-22(30)31-11-3-4-16(14-31)21(33)28-18-6-2-5-17(12-18)23(24,25)26/h2,5-10,12-13,16H,3-4,11,14H2,1H3,(H,28,33). The maximum Gasteiger partial charge on any atom is 0.416 e. The van der Waals surface area contributed by atoms with Crippen molar-refractivity contribution in [3.05, 3.63) is 70.8 Å². The zero-order chi connectivity index (χ0) is 23.6. The minimum Gasteiger partial charge on any atom is -0.341 e. The molecule has 1 aliphatic rings. The van der Waals surface area contributed by atoms with E-state index in [2.05, 4.69) is 15.3 Å². The molecular formula is C23H22F3N5O2. The lowest BCUT2D eigenvalue weighted by molar-refractivity contribution is -0.137. The lowest BCUT2D eigenvalue weighted by Gasteiger charge is -2.33. The SMILES string of the molecule is Cn1c(N2CCCC(C(=O)Nc3cccc(C(F)(F)F)c3)C2)nc(-c2ccncc2)cc1=O. The Labute approximate surface area is 187 Å². The first kappa shape index (κ1) is 22.5. The van der Waals surface area contributed by atoms with E-state index in [9.17, 15) is 22.8 Å². The summed E-state index contributed by atoms with van der Waals surface area (Å²) in [6.07, 6.45) is 0.000392. The number of hydrogen-bond donors (Lipinski definition) is 1. The number of hydrogen-bond acceptors (Lipinski definition) is 5. The van der Waals surface area contributed by atoms with Gasteiger partial charge in [0.2, 0.25) is 11.9 Å². The zero-order valence-electron chi connectivity index (χ0n) is 17.8. The number of nitrogens with one attached hydrogen (secondary N) is 1. The van der Waals surface area contributed by atoms with Crippen LogP contribution in [-0.4, -0.2) is 33.5 Å². The molecule has 0 radical (unpaired) electrons. The number of rotatable bonds is 4. The van der Waals surface area contributed by atoms with Gasteiger partial charge < -0.3 is 10.2 Å².